The van der Waals surface area contributed by atoms with Gasteiger partial charge in [0.05, 0.1) is 5.69 Å². The average molecular weight is 234 g/mol. The first kappa shape index (κ1) is 12.3. The fourth-order valence-corrected chi connectivity index (χ4v) is 2.33. The fraction of sp³-hybridized carbons (Fsp3) is 0.692. The van der Waals surface area contributed by atoms with E-state index in [1.54, 1.807) is 0 Å². The van der Waals surface area contributed by atoms with Crippen LogP contribution >= 0.6 is 0 Å². The van der Waals surface area contributed by atoms with E-state index in [1.165, 1.54) is 12.8 Å². The quantitative estimate of drug-likeness (QED) is 0.859. The molecular formula is C13H22N4. The maximum atomic E-state index is 4.34. The number of aromatic nitrogens is 2. The van der Waals surface area contributed by atoms with E-state index in [1.807, 2.05) is 7.05 Å². The molecule has 1 aromatic heterocycles. The summed E-state index contributed by atoms with van der Waals surface area (Å²) in [5.41, 5.74) is 1.10. The molecule has 1 unspecified atom stereocenters. The van der Waals surface area contributed by atoms with Crippen LogP contribution in [0.15, 0.2) is 12.1 Å². The molecule has 2 heterocycles. The largest absolute Gasteiger partial charge is 0.354 e. The van der Waals surface area contributed by atoms with E-state index in [-0.39, 0.29) is 0 Å². The molecule has 1 fully saturated rings. The zero-order chi connectivity index (χ0) is 12.1. The van der Waals surface area contributed by atoms with Gasteiger partial charge in [-0.1, -0.05) is 13.3 Å². The molecule has 1 aliphatic rings. The van der Waals surface area contributed by atoms with Crippen LogP contribution < -0.4 is 10.2 Å². The Hall–Kier alpha value is -1.16. The van der Waals surface area contributed by atoms with Crippen LogP contribution in [0, 0.1) is 0 Å². The van der Waals surface area contributed by atoms with E-state index in [9.17, 15) is 0 Å². The molecule has 1 atom stereocenters. The van der Waals surface area contributed by atoms with Crippen molar-refractivity contribution in [2.75, 3.05) is 25.0 Å². The van der Waals surface area contributed by atoms with Crippen molar-refractivity contribution in [3.05, 3.63) is 17.8 Å². The Kier molecular flexibility index (Phi) is 4.31. The van der Waals surface area contributed by atoms with E-state index >= 15 is 0 Å². The SMILES string of the molecule is CCCc1ccc(N2CCCC(NC)C2)nn1. The molecule has 0 aliphatic carbocycles. The Labute approximate surface area is 103 Å². The van der Waals surface area contributed by atoms with E-state index in [2.05, 4.69) is 39.5 Å². The molecule has 1 aliphatic heterocycles. The standard InChI is InChI=1S/C13H22N4/c1-3-5-11-7-8-13(16-15-11)17-9-4-6-12(10-17)14-2/h7-8,12,14H,3-6,9-10H2,1-2H3. The lowest BCUT2D eigenvalue weighted by Crippen LogP contribution is -2.44. The van der Waals surface area contributed by atoms with Crippen molar-refractivity contribution in [3.63, 3.8) is 0 Å². The highest BCUT2D eigenvalue weighted by Crippen LogP contribution is 2.17. The number of nitrogens with one attached hydrogen (secondary N) is 1. The monoisotopic (exact) mass is 234 g/mol. The second-order valence-electron chi connectivity index (χ2n) is 4.71. The van der Waals surface area contributed by atoms with E-state index in [0.717, 1.165) is 37.4 Å². The van der Waals surface area contributed by atoms with Crippen molar-refractivity contribution in [2.45, 2.75) is 38.6 Å². The number of nitrogens with zero attached hydrogens (tertiary/aromatic N) is 3. The van der Waals surface area contributed by atoms with Crippen molar-refractivity contribution < 1.29 is 0 Å². The molecule has 0 saturated carbocycles. The van der Waals surface area contributed by atoms with E-state index in [0.29, 0.717) is 6.04 Å². The second-order valence-corrected chi connectivity index (χ2v) is 4.71. The molecule has 0 radical (unpaired) electrons. The first-order chi connectivity index (χ1) is 8.33. The summed E-state index contributed by atoms with van der Waals surface area (Å²) in [6.45, 7) is 4.30. The molecule has 17 heavy (non-hydrogen) atoms. The van der Waals surface area contributed by atoms with Crippen LogP contribution in [0.4, 0.5) is 5.82 Å². The van der Waals surface area contributed by atoms with Gasteiger partial charge in [-0.2, -0.15) is 5.10 Å². The zero-order valence-corrected chi connectivity index (χ0v) is 10.8. The fourth-order valence-electron chi connectivity index (χ4n) is 2.33. The smallest absolute Gasteiger partial charge is 0.151 e. The number of likely N-dealkylation sites (N-methyl/N-ethyl adjacent to an activating group) is 1. The van der Waals surface area contributed by atoms with Gasteiger partial charge in [-0.05, 0) is 38.4 Å². The molecule has 4 nitrogen and oxygen atoms in total. The summed E-state index contributed by atoms with van der Waals surface area (Å²) in [7, 11) is 2.03. The lowest BCUT2D eigenvalue weighted by Gasteiger charge is -2.33. The highest BCUT2D eigenvalue weighted by Gasteiger charge is 2.19. The molecule has 4 heteroatoms. The first-order valence-corrected chi connectivity index (χ1v) is 6.58. The number of piperidine rings is 1. The van der Waals surface area contributed by atoms with Crippen LogP contribution in [0.2, 0.25) is 0 Å². The Bertz CT molecular complexity index is 336. The Morgan fingerprint density at radius 2 is 2.29 bits per heavy atom. The van der Waals surface area contributed by atoms with Crippen LogP contribution in [0.3, 0.4) is 0 Å². The van der Waals surface area contributed by atoms with Crippen LogP contribution in [0.5, 0.6) is 0 Å². The first-order valence-electron chi connectivity index (χ1n) is 6.58. The maximum Gasteiger partial charge on any atom is 0.151 e. The predicted octanol–water partition coefficient (Wildman–Crippen LogP) is 1.62. The van der Waals surface area contributed by atoms with Crippen molar-refractivity contribution in [1.29, 1.82) is 0 Å². The van der Waals surface area contributed by atoms with Crippen molar-refractivity contribution >= 4 is 5.82 Å². The van der Waals surface area contributed by atoms with Gasteiger partial charge < -0.3 is 10.2 Å². The molecule has 2 rings (SSSR count). The number of anilines is 1. The van der Waals surface area contributed by atoms with Gasteiger partial charge in [0.2, 0.25) is 0 Å². The zero-order valence-electron chi connectivity index (χ0n) is 10.8. The topological polar surface area (TPSA) is 41.0 Å². The summed E-state index contributed by atoms with van der Waals surface area (Å²) >= 11 is 0. The third-order valence-electron chi connectivity index (χ3n) is 3.37. The van der Waals surface area contributed by atoms with E-state index in [4.69, 9.17) is 0 Å². The van der Waals surface area contributed by atoms with Gasteiger partial charge in [0.15, 0.2) is 5.82 Å². The minimum absolute atomic E-state index is 0.584. The van der Waals surface area contributed by atoms with Crippen molar-refractivity contribution in [3.8, 4) is 0 Å². The lowest BCUT2D eigenvalue weighted by molar-refractivity contribution is 0.446. The van der Waals surface area contributed by atoms with Crippen LogP contribution in [-0.4, -0.2) is 36.4 Å². The van der Waals surface area contributed by atoms with Crippen molar-refractivity contribution in [2.24, 2.45) is 0 Å². The van der Waals surface area contributed by atoms with E-state index < -0.39 is 0 Å². The molecule has 1 saturated heterocycles. The summed E-state index contributed by atoms with van der Waals surface area (Å²) in [5, 5.41) is 12.0. The molecule has 0 aromatic carbocycles. The van der Waals surface area contributed by atoms with Gasteiger partial charge in [0.25, 0.3) is 0 Å². The number of rotatable bonds is 4. The Morgan fingerprint density at radius 3 is 2.94 bits per heavy atom. The molecule has 94 valence electrons. The average Bonchev–Trinajstić information content (AvgIpc) is 2.40. The summed E-state index contributed by atoms with van der Waals surface area (Å²) in [5.74, 6) is 1.02. The normalized spacial score (nSPS) is 20.6. The molecule has 0 amide bonds. The highest BCUT2D eigenvalue weighted by molar-refractivity contribution is 5.38. The summed E-state index contributed by atoms with van der Waals surface area (Å²) in [6, 6.07) is 4.80. The Balaban J connectivity index is 2.01. The van der Waals surface area contributed by atoms with Gasteiger partial charge in [0, 0.05) is 19.1 Å². The molecular weight excluding hydrogens is 212 g/mol. The third-order valence-corrected chi connectivity index (χ3v) is 3.37. The van der Waals surface area contributed by atoms with Gasteiger partial charge in [-0.25, -0.2) is 0 Å². The third kappa shape index (κ3) is 3.16. The molecule has 0 bridgehead atoms. The summed E-state index contributed by atoms with van der Waals surface area (Å²) in [4.78, 5) is 2.33. The second kappa shape index (κ2) is 5.96. The minimum Gasteiger partial charge on any atom is -0.354 e. The summed E-state index contributed by atoms with van der Waals surface area (Å²) in [6.07, 6.45) is 4.63. The highest BCUT2D eigenvalue weighted by atomic mass is 15.3. The van der Waals surface area contributed by atoms with Crippen LogP contribution in [-0.2, 0) is 6.42 Å². The number of aryl methyl sites for hydroxylation is 1. The van der Waals surface area contributed by atoms with Crippen molar-refractivity contribution in [1.82, 2.24) is 15.5 Å². The van der Waals surface area contributed by atoms with Gasteiger partial charge >= 0.3 is 0 Å². The predicted molar refractivity (Wildman–Crippen MR) is 70.3 cm³/mol. The van der Waals surface area contributed by atoms with Crippen LogP contribution in [0.1, 0.15) is 31.9 Å². The molecule has 1 aromatic rings. The molecule has 1 N–H and O–H groups in total. The minimum atomic E-state index is 0.584. The Morgan fingerprint density at radius 1 is 1.41 bits per heavy atom. The number of hydrogen-bond acceptors (Lipinski definition) is 4. The van der Waals surface area contributed by atoms with Gasteiger partial charge in [0.1, 0.15) is 0 Å². The number of hydrogen-bond donors (Lipinski definition) is 1. The van der Waals surface area contributed by atoms with Gasteiger partial charge in [-0.15, -0.1) is 5.10 Å². The lowest BCUT2D eigenvalue weighted by atomic mass is 10.1. The molecule has 0 spiro atoms. The summed E-state index contributed by atoms with van der Waals surface area (Å²) < 4.78 is 0. The van der Waals surface area contributed by atoms with Gasteiger partial charge in [-0.3, -0.25) is 0 Å². The maximum absolute atomic E-state index is 4.34. The van der Waals surface area contributed by atoms with Crippen LogP contribution in [0.25, 0.3) is 0 Å².